The first-order chi connectivity index (χ1) is 12.1. The van der Waals surface area contributed by atoms with Crippen molar-refractivity contribution in [1.29, 1.82) is 0 Å². The van der Waals surface area contributed by atoms with Gasteiger partial charge in [0.15, 0.2) is 0 Å². The normalized spacial score (nSPS) is 14.8. The molecule has 5 amide bonds. The Kier molecular flexibility index (Phi) is 5.36. The molecule has 0 aliphatic carbocycles. The van der Waals surface area contributed by atoms with Crippen LogP contribution in [0.1, 0.15) is 5.56 Å². The summed E-state index contributed by atoms with van der Waals surface area (Å²) >= 11 is 5.47. The average Bonchev–Trinajstić information content (AvgIpc) is 2.74. The minimum absolute atomic E-state index is 0.215. The fourth-order valence-corrected chi connectivity index (χ4v) is 2.37. The van der Waals surface area contributed by atoms with Gasteiger partial charge in [-0.1, -0.05) is 17.7 Å². The Bertz CT molecular complexity index is 810. The molecule has 0 atom stereocenters. The summed E-state index contributed by atoms with van der Waals surface area (Å²) in [4.78, 5) is 48.3. The van der Waals surface area contributed by atoms with E-state index < -0.39 is 47.1 Å². The summed E-state index contributed by atoms with van der Waals surface area (Å²) in [6.45, 7) is 2.29. The number of imide groups is 2. The second-order valence-electron chi connectivity index (χ2n) is 5.12. The Labute approximate surface area is 150 Å². The molecule has 7 nitrogen and oxygen atoms in total. The summed E-state index contributed by atoms with van der Waals surface area (Å²) in [7, 11) is 0. The topological polar surface area (TPSA) is 86.8 Å². The van der Waals surface area contributed by atoms with Crippen molar-refractivity contribution < 1.29 is 32.3 Å². The molecule has 1 aromatic rings. The first-order valence-electron chi connectivity index (χ1n) is 7.01. The van der Waals surface area contributed by atoms with Crippen molar-refractivity contribution in [2.75, 3.05) is 18.4 Å². The van der Waals surface area contributed by atoms with Gasteiger partial charge in [0.05, 0.1) is 10.6 Å². The number of halogens is 4. The number of rotatable bonds is 5. The Hall–Kier alpha value is -2.88. The Morgan fingerprint density at radius 1 is 1.19 bits per heavy atom. The maximum Gasteiger partial charge on any atom is 0.417 e. The number of alkyl halides is 3. The molecule has 11 heteroatoms. The van der Waals surface area contributed by atoms with Crippen molar-refractivity contribution in [2.45, 2.75) is 6.18 Å². The molecule has 0 radical (unpaired) electrons. The van der Waals surface area contributed by atoms with Crippen LogP contribution in [-0.4, -0.2) is 46.6 Å². The number of urea groups is 1. The predicted molar refractivity (Wildman–Crippen MR) is 84.1 cm³/mol. The van der Waals surface area contributed by atoms with Crippen molar-refractivity contribution in [3.8, 4) is 0 Å². The van der Waals surface area contributed by atoms with Gasteiger partial charge in [0.25, 0.3) is 0 Å². The summed E-state index contributed by atoms with van der Waals surface area (Å²) in [5.41, 5.74) is -1.39. The Balaban J connectivity index is 2.12. The number of hydrogen-bond donors (Lipinski definition) is 1. The molecule has 1 saturated heterocycles. The molecule has 0 bridgehead atoms. The number of carbonyl (C=O) groups is 4. The van der Waals surface area contributed by atoms with E-state index in [1.54, 1.807) is 0 Å². The third-order valence-corrected chi connectivity index (χ3v) is 3.63. The van der Waals surface area contributed by atoms with Crippen LogP contribution in [0.4, 0.5) is 23.7 Å². The van der Waals surface area contributed by atoms with E-state index in [1.807, 2.05) is 0 Å². The highest BCUT2D eigenvalue weighted by atomic mass is 35.5. The van der Waals surface area contributed by atoms with E-state index in [-0.39, 0.29) is 12.2 Å². The molecule has 0 aromatic heterocycles. The van der Waals surface area contributed by atoms with Crippen LogP contribution in [0, 0.1) is 0 Å². The molecule has 1 aliphatic heterocycles. The lowest BCUT2D eigenvalue weighted by Gasteiger charge is -2.15. The highest BCUT2D eigenvalue weighted by molar-refractivity contribution is 6.45. The summed E-state index contributed by atoms with van der Waals surface area (Å²) < 4.78 is 38.4. The van der Waals surface area contributed by atoms with Crippen LogP contribution >= 0.6 is 11.6 Å². The molecule has 0 spiro atoms. The van der Waals surface area contributed by atoms with Crippen LogP contribution < -0.4 is 5.32 Å². The largest absolute Gasteiger partial charge is 0.417 e. The standard InChI is InChI=1S/C15H11ClF3N3O4/c1-2-5-21-12(24)13(25)22(14(21)26)7-11(23)20-8-3-4-10(16)9(6-8)15(17,18)19/h2-4,6H,1,5,7H2,(H,20,23). The van der Waals surface area contributed by atoms with Crippen molar-refractivity contribution >= 4 is 41.0 Å². The van der Waals surface area contributed by atoms with Gasteiger partial charge in [0.2, 0.25) is 5.91 Å². The van der Waals surface area contributed by atoms with Gasteiger partial charge >= 0.3 is 24.0 Å². The number of hydrogen-bond acceptors (Lipinski definition) is 4. The van der Waals surface area contributed by atoms with Crippen molar-refractivity contribution in [3.05, 3.63) is 41.4 Å². The smallest absolute Gasteiger partial charge is 0.325 e. The van der Waals surface area contributed by atoms with Crippen molar-refractivity contribution in [3.63, 3.8) is 0 Å². The molecular formula is C15H11ClF3N3O4. The number of amides is 5. The molecule has 1 heterocycles. The van der Waals surface area contributed by atoms with E-state index in [0.29, 0.717) is 15.9 Å². The zero-order valence-corrected chi connectivity index (χ0v) is 13.7. The van der Waals surface area contributed by atoms with Crippen LogP contribution in [0.3, 0.4) is 0 Å². The van der Waals surface area contributed by atoms with Crippen LogP contribution in [0.25, 0.3) is 0 Å². The van der Waals surface area contributed by atoms with Crippen molar-refractivity contribution in [2.24, 2.45) is 0 Å². The molecule has 2 rings (SSSR count). The van der Waals surface area contributed by atoms with Crippen LogP contribution in [0.5, 0.6) is 0 Å². The van der Waals surface area contributed by atoms with Gasteiger partial charge in [-0.2, -0.15) is 13.2 Å². The highest BCUT2D eigenvalue weighted by Gasteiger charge is 2.44. The molecule has 0 unspecified atom stereocenters. The first-order valence-corrected chi connectivity index (χ1v) is 7.39. The highest BCUT2D eigenvalue weighted by Crippen LogP contribution is 2.36. The zero-order chi connectivity index (χ0) is 19.6. The van der Waals surface area contributed by atoms with Crippen LogP contribution in [0.2, 0.25) is 5.02 Å². The van der Waals surface area contributed by atoms with E-state index >= 15 is 0 Å². The number of nitrogens with zero attached hydrogens (tertiary/aromatic N) is 2. The molecule has 138 valence electrons. The summed E-state index contributed by atoms with van der Waals surface area (Å²) in [5.74, 6) is -3.29. The van der Waals surface area contributed by atoms with E-state index in [4.69, 9.17) is 11.6 Å². The molecule has 1 aromatic carbocycles. The third kappa shape index (κ3) is 3.85. The SMILES string of the molecule is C=CCN1C(=O)C(=O)N(CC(=O)Nc2ccc(Cl)c(C(F)(F)F)c2)C1=O. The van der Waals surface area contributed by atoms with Gasteiger partial charge in [-0.15, -0.1) is 6.58 Å². The number of carbonyl (C=O) groups excluding carboxylic acids is 4. The Morgan fingerprint density at radius 2 is 1.81 bits per heavy atom. The number of benzene rings is 1. The summed E-state index contributed by atoms with van der Waals surface area (Å²) in [6, 6.07) is 1.67. The van der Waals surface area contributed by atoms with Gasteiger partial charge in [0, 0.05) is 12.2 Å². The number of anilines is 1. The molecular weight excluding hydrogens is 379 g/mol. The second kappa shape index (κ2) is 7.16. The summed E-state index contributed by atoms with van der Waals surface area (Å²) in [5, 5.41) is 1.57. The fraction of sp³-hybridized carbons (Fsp3) is 0.200. The molecule has 26 heavy (non-hydrogen) atoms. The van der Waals surface area contributed by atoms with Gasteiger partial charge in [0.1, 0.15) is 6.54 Å². The lowest BCUT2D eigenvalue weighted by atomic mass is 10.2. The van der Waals surface area contributed by atoms with Gasteiger partial charge < -0.3 is 5.32 Å². The minimum atomic E-state index is -4.73. The predicted octanol–water partition coefficient (Wildman–Crippen LogP) is 2.27. The first kappa shape index (κ1) is 19.4. The fourth-order valence-electron chi connectivity index (χ4n) is 2.14. The van der Waals surface area contributed by atoms with Crippen LogP contribution in [-0.2, 0) is 20.6 Å². The minimum Gasteiger partial charge on any atom is -0.325 e. The second-order valence-corrected chi connectivity index (χ2v) is 5.53. The molecule has 1 aliphatic rings. The monoisotopic (exact) mass is 389 g/mol. The average molecular weight is 390 g/mol. The van der Waals surface area contributed by atoms with Gasteiger partial charge in [-0.25, -0.2) is 9.69 Å². The number of nitrogens with one attached hydrogen (secondary N) is 1. The maximum absolute atomic E-state index is 12.8. The Morgan fingerprint density at radius 3 is 2.38 bits per heavy atom. The van der Waals surface area contributed by atoms with Crippen LogP contribution in [0.15, 0.2) is 30.9 Å². The lowest BCUT2D eigenvalue weighted by Crippen LogP contribution is -2.39. The molecule has 1 fully saturated rings. The lowest BCUT2D eigenvalue weighted by molar-refractivity contribution is -0.143. The third-order valence-electron chi connectivity index (χ3n) is 3.30. The summed E-state index contributed by atoms with van der Waals surface area (Å²) in [6.07, 6.45) is -3.50. The molecule has 0 saturated carbocycles. The quantitative estimate of drug-likeness (QED) is 0.475. The zero-order valence-electron chi connectivity index (χ0n) is 13.0. The van der Waals surface area contributed by atoms with Crippen molar-refractivity contribution in [1.82, 2.24) is 9.80 Å². The van der Waals surface area contributed by atoms with E-state index in [2.05, 4.69) is 11.9 Å². The maximum atomic E-state index is 12.8. The van der Waals surface area contributed by atoms with Gasteiger partial charge in [-0.3, -0.25) is 19.3 Å². The van der Waals surface area contributed by atoms with E-state index in [9.17, 15) is 32.3 Å². The van der Waals surface area contributed by atoms with Gasteiger partial charge in [-0.05, 0) is 18.2 Å². The van der Waals surface area contributed by atoms with E-state index in [1.165, 1.54) is 6.08 Å². The van der Waals surface area contributed by atoms with E-state index in [0.717, 1.165) is 12.1 Å². The molecule has 1 N–H and O–H groups in total.